The maximum atomic E-state index is 15.0. The van der Waals surface area contributed by atoms with Crippen LogP contribution in [-0.2, 0) is 0 Å². The lowest BCUT2D eigenvalue weighted by Gasteiger charge is -2.28. The number of aromatic nitrogens is 2. The molecule has 11 heteroatoms. The third-order valence-corrected chi connectivity index (χ3v) is 8.56. The second-order valence-corrected chi connectivity index (χ2v) is 11.1. The smallest absolute Gasteiger partial charge is 0.251 e. The predicted octanol–water partition coefficient (Wildman–Crippen LogP) is 6.18. The number of piperidine rings is 1. The van der Waals surface area contributed by atoms with E-state index in [0.29, 0.717) is 36.2 Å². The third kappa shape index (κ3) is 6.38. The van der Waals surface area contributed by atoms with Gasteiger partial charge in [0.2, 0.25) is 0 Å². The van der Waals surface area contributed by atoms with Gasteiger partial charge in [0.1, 0.15) is 12.0 Å². The van der Waals surface area contributed by atoms with E-state index in [9.17, 15) is 13.6 Å². The Morgan fingerprint density at radius 1 is 1.13 bits per heavy atom. The number of hydrogen-bond donors (Lipinski definition) is 2. The van der Waals surface area contributed by atoms with Crippen LogP contribution in [0.15, 0.2) is 42.6 Å². The molecular formula is C28H33Cl2F2N5OS. The number of nitrogens with one attached hydrogen (secondary N) is 2. The van der Waals surface area contributed by atoms with Crippen LogP contribution in [0.4, 0.5) is 8.78 Å². The van der Waals surface area contributed by atoms with E-state index in [-0.39, 0.29) is 42.6 Å². The third-order valence-electron chi connectivity index (χ3n) is 7.54. The van der Waals surface area contributed by atoms with Gasteiger partial charge in [0.15, 0.2) is 4.96 Å². The summed E-state index contributed by atoms with van der Waals surface area (Å²) in [6.07, 6.45) is 5.41. The van der Waals surface area contributed by atoms with E-state index < -0.39 is 6.17 Å². The van der Waals surface area contributed by atoms with E-state index in [1.807, 2.05) is 40.9 Å². The van der Waals surface area contributed by atoms with Gasteiger partial charge >= 0.3 is 0 Å². The molecule has 6 rings (SSSR count). The molecule has 210 valence electrons. The summed E-state index contributed by atoms with van der Waals surface area (Å²) < 4.78 is 31.2. The van der Waals surface area contributed by atoms with Crippen molar-refractivity contribution < 1.29 is 13.6 Å². The minimum absolute atomic E-state index is 0. The highest BCUT2D eigenvalue weighted by Crippen LogP contribution is 2.32. The van der Waals surface area contributed by atoms with Crippen LogP contribution in [0.3, 0.4) is 0 Å². The zero-order valence-electron chi connectivity index (χ0n) is 21.5. The molecule has 0 saturated carbocycles. The largest absolute Gasteiger partial charge is 0.352 e. The topological polar surface area (TPSA) is 61.7 Å². The molecule has 2 aliphatic rings. The Hall–Kier alpha value is -2.30. The van der Waals surface area contributed by atoms with Crippen molar-refractivity contribution in [3.05, 3.63) is 59.5 Å². The number of rotatable bonds is 7. The molecule has 0 aliphatic carbocycles. The lowest BCUT2D eigenvalue weighted by molar-refractivity contribution is 0.0950. The van der Waals surface area contributed by atoms with Crippen molar-refractivity contribution >= 4 is 57.2 Å². The Kier molecular flexibility index (Phi) is 9.82. The van der Waals surface area contributed by atoms with Gasteiger partial charge in [-0.05, 0) is 81.1 Å². The summed E-state index contributed by atoms with van der Waals surface area (Å²) in [4.78, 5) is 20.4. The quantitative estimate of drug-likeness (QED) is 0.251. The lowest BCUT2D eigenvalue weighted by atomic mass is 10.0. The van der Waals surface area contributed by atoms with Crippen molar-refractivity contribution in [3.63, 3.8) is 0 Å². The monoisotopic (exact) mass is 595 g/mol. The van der Waals surface area contributed by atoms with Gasteiger partial charge in [-0.25, -0.2) is 13.8 Å². The lowest BCUT2D eigenvalue weighted by Crippen LogP contribution is -2.36. The maximum absolute atomic E-state index is 15.0. The summed E-state index contributed by atoms with van der Waals surface area (Å²) in [5, 5.41) is 6.41. The minimum atomic E-state index is -0.663. The molecule has 1 amide bonds. The highest BCUT2D eigenvalue weighted by atomic mass is 35.5. The molecule has 0 spiro atoms. The predicted molar refractivity (Wildman–Crippen MR) is 158 cm³/mol. The summed E-state index contributed by atoms with van der Waals surface area (Å²) in [7, 11) is 0. The highest BCUT2D eigenvalue weighted by molar-refractivity contribution is 7.23. The molecule has 6 nitrogen and oxygen atoms in total. The molecule has 39 heavy (non-hydrogen) atoms. The number of amides is 1. The molecule has 1 atom stereocenters. The maximum Gasteiger partial charge on any atom is 0.251 e. The zero-order valence-corrected chi connectivity index (χ0v) is 23.9. The Balaban J connectivity index is 0.00000176. The molecule has 2 N–H and O–H groups in total. The molecule has 0 bridgehead atoms. The van der Waals surface area contributed by atoms with Gasteiger partial charge in [-0.3, -0.25) is 9.20 Å². The van der Waals surface area contributed by atoms with Crippen LogP contribution in [0.5, 0.6) is 0 Å². The Morgan fingerprint density at radius 2 is 1.95 bits per heavy atom. The van der Waals surface area contributed by atoms with E-state index >= 15 is 0 Å². The fourth-order valence-corrected chi connectivity index (χ4v) is 6.48. The first-order valence-corrected chi connectivity index (χ1v) is 14.0. The average Bonchev–Trinajstić information content (AvgIpc) is 3.64. The number of alkyl halides is 1. The van der Waals surface area contributed by atoms with Gasteiger partial charge in [0.05, 0.1) is 15.9 Å². The molecule has 0 radical (unpaired) electrons. The Labute approximate surface area is 243 Å². The van der Waals surface area contributed by atoms with E-state index in [4.69, 9.17) is 0 Å². The molecule has 4 heterocycles. The molecule has 2 saturated heterocycles. The first-order chi connectivity index (χ1) is 18.0. The van der Waals surface area contributed by atoms with Crippen molar-refractivity contribution in [1.29, 1.82) is 0 Å². The van der Waals surface area contributed by atoms with Gasteiger partial charge in [0, 0.05) is 43.0 Å². The first-order valence-electron chi connectivity index (χ1n) is 13.1. The normalized spacial score (nSPS) is 18.3. The van der Waals surface area contributed by atoms with Crippen LogP contribution in [-0.4, -0.2) is 59.1 Å². The Morgan fingerprint density at radius 3 is 2.69 bits per heavy atom. The number of thiazole rings is 1. The van der Waals surface area contributed by atoms with Crippen LogP contribution in [0.25, 0.3) is 26.4 Å². The van der Waals surface area contributed by atoms with Crippen molar-refractivity contribution in [2.75, 3.05) is 32.7 Å². The number of hydrogen-bond acceptors (Lipinski definition) is 5. The fraction of sp³-hybridized carbons (Fsp3) is 0.429. The number of carbonyl (C=O) groups is 1. The van der Waals surface area contributed by atoms with Crippen molar-refractivity contribution in [1.82, 2.24) is 24.9 Å². The highest BCUT2D eigenvalue weighted by Gasteiger charge is 2.20. The molecule has 1 unspecified atom stereocenters. The van der Waals surface area contributed by atoms with Crippen LogP contribution in [0.1, 0.15) is 54.1 Å². The van der Waals surface area contributed by atoms with Crippen LogP contribution in [0, 0.1) is 5.82 Å². The summed E-state index contributed by atoms with van der Waals surface area (Å²) in [6, 6.07) is 11.3. The molecular weight excluding hydrogens is 563 g/mol. The van der Waals surface area contributed by atoms with Gasteiger partial charge in [0.25, 0.3) is 5.91 Å². The molecule has 2 aromatic heterocycles. The molecule has 2 aliphatic heterocycles. The van der Waals surface area contributed by atoms with Gasteiger partial charge in [-0.2, -0.15) is 0 Å². The number of halogens is 4. The van der Waals surface area contributed by atoms with E-state index in [1.54, 1.807) is 6.07 Å². The van der Waals surface area contributed by atoms with Gasteiger partial charge in [-0.15, -0.1) is 24.8 Å². The number of likely N-dealkylation sites (tertiary alicyclic amines) is 1. The van der Waals surface area contributed by atoms with E-state index in [1.165, 1.54) is 11.3 Å². The summed E-state index contributed by atoms with van der Waals surface area (Å²) >= 11 is 1.49. The number of carbonyl (C=O) groups excluding carboxylic acids is 1. The summed E-state index contributed by atoms with van der Waals surface area (Å²) in [5.41, 5.74) is 3.64. The van der Waals surface area contributed by atoms with Crippen LogP contribution < -0.4 is 10.6 Å². The van der Waals surface area contributed by atoms with Crippen LogP contribution in [0.2, 0.25) is 0 Å². The Bertz CT molecular complexity index is 1430. The summed E-state index contributed by atoms with van der Waals surface area (Å²) in [6.45, 7) is 4.03. The first kappa shape index (κ1) is 29.7. The SMILES string of the molecule is Cl.Cl.O=C(NCCCN1CCC(F)CC1)c1ccc2c(c1)sc1nc(-c3ccc(C4CCCN4)cc3F)cn12. The number of imidazole rings is 1. The average molecular weight is 597 g/mol. The fourth-order valence-electron chi connectivity index (χ4n) is 5.43. The van der Waals surface area contributed by atoms with Crippen LogP contribution >= 0.6 is 36.2 Å². The number of nitrogens with zero attached hydrogens (tertiary/aromatic N) is 3. The molecule has 4 aromatic rings. The zero-order chi connectivity index (χ0) is 25.4. The van der Waals surface area contributed by atoms with Crippen molar-refractivity contribution in [3.8, 4) is 11.3 Å². The van der Waals surface area contributed by atoms with E-state index in [0.717, 1.165) is 66.2 Å². The number of benzene rings is 2. The van der Waals surface area contributed by atoms with Crippen molar-refractivity contribution in [2.45, 2.75) is 44.3 Å². The standard InChI is InChI=1S/C28H31F2N5OS.2ClH/c29-20-8-13-34(14-9-20)12-2-11-32-27(36)19-5-7-25-26(16-19)37-28-33-24(17-35(25)28)21-6-4-18(15-22(21)30)23-3-1-10-31-23;;/h4-7,15-17,20,23,31H,1-3,8-14H2,(H,32,36);2*1H. The molecule has 2 fully saturated rings. The second kappa shape index (κ2) is 12.9. The van der Waals surface area contributed by atoms with Gasteiger partial charge in [-0.1, -0.05) is 17.4 Å². The van der Waals surface area contributed by atoms with Crippen molar-refractivity contribution in [2.24, 2.45) is 0 Å². The second-order valence-electron chi connectivity index (χ2n) is 10.1. The minimum Gasteiger partial charge on any atom is -0.352 e. The number of fused-ring (bicyclic) bond motifs is 3. The summed E-state index contributed by atoms with van der Waals surface area (Å²) in [5.74, 6) is -0.359. The van der Waals surface area contributed by atoms with E-state index in [2.05, 4.69) is 20.5 Å². The van der Waals surface area contributed by atoms with Gasteiger partial charge < -0.3 is 15.5 Å². The molecule has 2 aromatic carbocycles.